The summed E-state index contributed by atoms with van der Waals surface area (Å²) in [6.07, 6.45) is 4.35. The molecule has 0 saturated heterocycles. The molecule has 0 radical (unpaired) electrons. The molecule has 0 bridgehead atoms. The van der Waals surface area contributed by atoms with Gasteiger partial charge in [0.15, 0.2) is 0 Å². The Morgan fingerprint density at radius 2 is 2.15 bits per heavy atom. The fourth-order valence-electron chi connectivity index (χ4n) is 3.39. The first-order valence-electron chi connectivity index (χ1n) is 8.79. The molecule has 0 spiro atoms. The molecule has 1 N–H and O–H groups in total. The molecule has 0 fully saturated rings. The molecule has 5 heteroatoms. The Bertz CT molecular complexity index is 935. The summed E-state index contributed by atoms with van der Waals surface area (Å²) in [6, 6.07) is 13.5. The molecule has 0 saturated carbocycles. The van der Waals surface area contributed by atoms with Crippen LogP contribution < -0.4 is 5.32 Å². The highest BCUT2D eigenvalue weighted by Crippen LogP contribution is 2.23. The predicted octanol–water partition coefficient (Wildman–Crippen LogP) is 4.39. The Hall–Kier alpha value is -2.59. The van der Waals surface area contributed by atoms with Crippen molar-refractivity contribution in [3.05, 3.63) is 76.2 Å². The van der Waals surface area contributed by atoms with Gasteiger partial charge in [0, 0.05) is 41.9 Å². The van der Waals surface area contributed by atoms with E-state index in [1.807, 2.05) is 31.2 Å². The monoisotopic (exact) mass is 365 g/mol. The molecule has 0 atom stereocenters. The molecular formula is C21H20ClN3O. The maximum absolute atomic E-state index is 12.4. The number of aromatic nitrogens is 2. The summed E-state index contributed by atoms with van der Waals surface area (Å²) < 4.78 is 2.23. The summed E-state index contributed by atoms with van der Waals surface area (Å²) in [6.45, 7) is 3.44. The molecule has 1 aliphatic rings. The molecule has 2 heterocycles. The molecule has 1 amide bonds. The summed E-state index contributed by atoms with van der Waals surface area (Å²) >= 11 is 6.04. The smallest absolute Gasteiger partial charge is 0.251 e. The highest BCUT2D eigenvalue weighted by Gasteiger charge is 2.14. The third kappa shape index (κ3) is 3.51. The van der Waals surface area contributed by atoms with Crippen molar-refractivity contribution < 1.29 is 4.79 Å². The van der Waals surface area contributed by atoms with Crippen molar-refractivity contribution in [2.24, 2.45) is 0 Å². The minimum Gasteiger partial charge on any atom is -0.348 e. The van der Waals surface area contributed by atoms with Crippen LogP contribution in [0.5, 0.6) is 0 Å². The molecule has 1 aromatic heterocycles. The number of fused-ring (bicyclic) bond motifs is 1. The second kappa shape index (κ2) is 6.96. The maximum Gasteiger partial charge on any atom is 0.251 e. The zero-order valence-corrected chi connectivity index (χ0v) is 15.4. The SMILES string of the molecule is Cc1cc(Cl)cc(C(=O)NCc2cccc(-c3cn4c(n3)CCC4)c2)c1. The average Bonchev–Trinajstić information content (AvgIpc) is 3.21. The number of halogens is 1. The van der Waals surface area contributed by atoms with E-state index in [2.05, 4.69) is 28.2 Å². The Balaban J connectivity index is 1.47. The molecule has 2 aromatic carbocycles. The number of carbonyl (C=O) groups is 1. The lowest BCUT2D eigenvalue weighted by atomic mass is 10.1. The summed E-state index contributed by atoms with van der Waals surface area (Å²) in [5, 5.41) is 3.54. The van der Waals surface area contributed by atoms with Gasteiger partial charge in [-0.25, -0.2) is 4.98 Å². The van der Waals surface area contributed by atoms with Crippen LogP contribution in [-0.4, -0.2) is 15.5 Å². The molecule has 1 aliphatic heterocycles. The first-order chi connectivity index (χ1) is 12.6. The van der Waals surface area contributed by atoms with Crippen LogP contribution in [-0.2, 0) is 19.5 Å². The molecule has 0 aliphatic carbocycles. The molecule has 4 rings (SSSR count). The van der Waals surface area contributed by atoms with E-state index in [1.165, 1.54) is 6.42 Å². The predicted molar refractivity (Wildman–Crippen MR) is 103 cm³/mol. The van der Waals surface area contributed by atoms with Crippen LogP contribution in [0.25, 0.3) is 11.3 Å². The first-order valence-corrected chi connectivity index (χ1v) is 9.17. The van der Waals surface area contributed by atoms with Gasteiger partial charge in [-0.2, -0.15) is 0 Å². The van der Waals surface area contributed by atoms with Crippen LogP contribution >= 0.6 is 11.6 Å². The number of rotatable bonds is 4. The fraction of sp³-hybridized carbons (Fsp3) is 0.238. The lowest BCUT2D eigenvalue weighted by molar-refractivity contribution is 0.0951. The van der Waals surface area contributed by atoms with Crippen molar-refractivity contribution in [1.82, 2.24) is 14.9 Å². The lowest BCUT2D eigenvalue weighted by Gasteiger charge is -2.08. The summed E-state index contributed by atoms with van der Waals surface area (Å²) in [4.78, 5) is 17.1. The van der Waals surface area contributed by atoms with E-state index < -0.39 is 0 Å². The second-order valence-corrected chi connectivity index (χ2v) is 7.18. The molecule has 4 nitrogen and oxygen atoms in total. The van der Waals surface area contributed by atoms with Gasteiger partial charge in [-0.15, -0.1) is 0 Å². The second-order valence-electron chi connectivity index (χ2n) is 6.74. The Morgan fingerprint density at radius 3 is 2.96 bits per heavy atom. The van der Waals surface area contributed by atoms with Crippen molar-refractivity contribution in [3.8, 4) is 11.3 Å². The summed E-state index contributed by atoms with van der Waals surface area (Å²) in [5.41, 5.74) is 4.67. The average molecular weight is 366 g/mol. The van der Waals surface area contributed by atoms with Gasteiger partial charge in [0.05, 0.1) is 5.69 Å². The molecule has 26 heavy (non-hydrogen) atoms. The van der Waals surface area contributed by atoms with E-state index in [0.717, 1.165) is 41.2 Å². The van der Waals surface area contributed by atoms with E-state index >= 15 is 0 Å². The van der Waals surface area contributed by atoms with Crippen molar-refractivity contribution >= 4 is 17.5 Å². The van der Waals surface area contributed by atoms with E-state index in [-0.39, 0.29) is 5.91 Å². The zero-order valence-electron chi connectivity index (χ0n) is 14.6. The van der Waals surface area contributed by atoms with E-state index in [4.69, 9.17) is 16.6 Å². The quantitative estimate of drug-likeness (QED) is 0.745. The standard InChI is InChI=1S/C21H20ClN3O/c1-14-8-17(11-18(22)9-14)21(26)23-12-15-4-2-5-16(10-15)19-13-25-7-3-6-20(25)24-19/h2,4-5,8-11,13H,3,6-7,12H2,1H3,(H,23,26). The topological polar surface area (TPSA) is 46.9 Å². The third-order valence-corrected chi connectivity index (χ3v) is 4.86. The van der Waals surface area contributed by atoms with Crippen molar-refractivity contribution in [1.29, 1.82) is 0 Å². The van der Waals surface area contributed by atoms with Crippen LogP contribution in [0.3, 0.4) is 0 Å². The Morgan fingerprint density at radius 1 is 1.27 bits per heavy atom. The van der Waals surface area contributed by atoms with Crippen LogP contribution in [0, 0.1) is 6.92 Å². The Labute approximate surface area is 157 Å². The van der Waals surface area contributed by atoms with Gasteiger partial charge in [0.25, 0.3) is 5.91 Å². The Kier molecular flexibility index (Phi) is 4.51. The number of hydrogen-bond acceptors (Lipinski definition) is 2. The van der Waals surface area contributed by atoms with E-state index in [1.54, 1.807) is 6.07 Å². The van der Waals surface area contributed by atoms with Crippen LogP contribution in [0.4, 0.5) is 0 Å². The van der Waals surface area contributed by atoms with E-state index in [9.17, 15) is 4.79 Å². The van der Waals surface area contributed by atoms with Crippen molar-refractivity contribution in [3.63, 3.8) is 0 Å². The summed E-state index contributed by atoms with van der Waals surface area (Å²) in [5.74, 6) is 1.04. The van der Waals surface area contributed by atoms with Gasteiger partial charge in [0.1, 0.15) is 5.82 Å². The third-order valence-electron chi connectivity index (χ3n) is 4.64. The van der Waals surface area contributed by atoms with Crippen molar-refractivity contribution in [2.75, 3.05) is 0 Å². The normalized spacial score (nSPS) is 12.8. The van der Waals surface area contributed by atoms with Gasteiger partial charge in [-0.05, 0) is 48.7 Å². The van der Waals surface area contributed by atoms with E-state index in [0.29, 0.717) is 17.1 Å². The van der Waals surface area contributed by atoms with Gasteiger partial charge in [0.2, 0.25) is 0 Å². The minimum absolute atomic E-state index is 0.123. The van der Waals surface area contributed by atoms with Crippen LogP contribution in [0.2, 0.25) is 5.02 Å². The molecule has 0 unspecified atom stereocenters. The minimum atomic E-state index is -0.123. The number of amides is 1. The number of imidazole rings is 1. The molecular weight excluding hydrogens is 346 g/mol. The van der Waals surface area contributed by atoms with Gasteiger partial charge in [-0.1, -0.05) is 29.8 Å². The van der Waals surface area contributed by atoms with Gasteiger partial charge in [-0.3, -0.25) is 4.79 Å². The number of hydrogen-bond donors (Lipinski definition) is 1. The van der Waals surface area contributed by atoms with Gasteiger partial charge < -0.3 is 9.88 Å². The number of nitrogens with zero attached hydrogens (tertiary/aromatic N) is 2. The highest BCUT2D eigenvalue weighted by molar-refractivity contribution is 6.31. The number of carbonyl (C=O) groups excluding carboxylic acids is 1. The lowest BCUT2D eigenvalue weighted by Crippen LogP contribution is -2.22. The van der Waals surface area contributed by atoms with Gasteiger partial charge >= 0.3 is 0 Å². The molecule has 132 valence electrons. The zero-order chi connectivity index (χ0) is 18.1. The molecule has 3 aromatic rings. The number of nitrogens with one attached hydrogen (secondary N) is 1. The van der Waals surface area contributed by atoms with Crippen LogP contribution in [0.1, 0.15) is 33.7 Å². The largest absolute Gasteiger partial charge is 0.348 e. The van der Waals surface area contributed by atoms with Crippen LogP contribution in [0.15, 0.2) is 48.7 Å². The first kappa shape index (κ1) is 16.9. The number of benzene rings is 2. The highest BCUT2D eigenvalue weighted by atomic mass is 35.5. The fourth-order valence-corrected chi connectivity index (χ4v) is 3.68. The number of aryl methyl sites for hydroxylation is 3. The maximum atomic E-state index is 12.4. The van der Waals surface area contributed by atoms with Crippen molar-refractivity contribution in [2.45, 2.75) is 32.9 Å². The summed E-state index contributed by atoms with van der Waals surface area (Å²) in [7, 11) is 0.